The van der Waals surface area contributed by atoms with Gasteiger partial charge in [0.1, 0.15) is 0 Å². The van der Waals surface area contributed by atoms with E-state index in [1.807, 2.05) is 43.4 Å². The Labute approximate surface area is 132 Å². The van der Waals surface area contributed by atoms with Gasteiger partial charge < -0.3 is 4.90 Å². The molecule has 0 aliphatic rings. The molecule has 0 aromatic heterocycles. The molecule has 0 saturated carbocycles. The van der Waals surface area contributed by atoms with Crippen LogP contribution in [0.2, 0.25) is 10.0 Å². The van der Waals surface area contributed by atoms with Crippen LogP contribution in [0.5, 0.6) is 0 Å². The van der Waals surface area contributed by atoms with Crippen LogP contribution in [0.15, 0.2) is 42.5 Å². The van der Waals surface area contributed by atoms with Gasteiger partial charge in [-0.3, -0.25) is 0 Å². The van der Waals surface area contributed by atoms with Crippen molar-refractivity contribution in [2.45, 2.75) is 11.9 Å². The monoisotopic (exact) mass is 357 g/mol. The van der Waals surface area contributed by atoms with E-state index in [4.69, 9.17) is 23.2 Å². The quantitative estimate of drug-likeness (QED) is 0.650. The molecule has 0 aliphatic heterocycles. The van der Waals surface area contributed by atoms with Gasteiger partial charge in [0, 0.05) is 23.9 Å². The summed E-state index contributed by atoms with van der Waals surface area (Å²) in [7, 11) is 2.04. The zero-order valence-corrected chi connectivity index (χ0v) is 13.6. The summed E-state index contributed by atoms with van der Waals surface area (Å²) < 4.78 is 0. The van der Waals surface area contributed by atoms with E-state index in [-0.39, 0.29) is 0 Å². The Balaban J connectivity index is 2.24. The Kier molecular flexibility index (Phi) is 5.14. The summed E-state index contributed by atoms with van der Waals surface area (Å²) >= 11 is 15.7. The molecule has 0 spiro atoms. The van der Waals surface area contributed by atoms with Crippen molar-refractivity contribution in [3.63, 3.8) is 0 Å². The SMILES string of the molecule is CN(Cc1ccc(Cl)cc1)c1c(Cl)cccc1CBr. The Morgan fingerprint density at radius 1 is 1.05 bits per heavy atom. The van der Waals surface area contributed by atoms with Crippen LogP contribution >= 0.6 is 39.1 Å². The van der Waals surface area contributed by atoms with Crippen molar-refractivity contribution in [3.8, 4) is 0 Å². The van der Waals surface area contributed by atoms with Crippen LogP contribution in [0.3, 0.4) is 0 Å². The van der Waals surface area contributed by atoms with Gasteiger partial charge in [-0.25, -0.2) is 0 Å². The molecule has 100 valence electrons. The topological polar surface area (TPSA) is 3.24 Å². The zero-order chi connectivity index (χ0) is 13.8. The molecular formula is C15H14BrCl2N. The maximum absolute atomic E-state index is 6.31. The lowest BCUT2D eigenvalue weighted by Crippen LogP contribution is -2.18. The third-order valence-electron chi connectivity index (χ3n) is 2.93. The first kappa shape index (κ1) is 14.7. The summed E-state index contributed by atoms with van der Waals surface area (Å²) in [6.07, 6.45) is 0. The van der Waals surface area contributed by atoms with Crippen LogP contribution in [0, 0.1) is 0 Å². The fourth-order valence-corrected chi connectivity index (χ4v) is 2.95. The van der Waals surface area contributed by atoms with Gasteiger partial charge in [0.15, 0.2) is 0 Å². The number of nitrogens with zero attached hydrogens (tertiary/aromatic N) is 1. The lowest BCUT2D eigenvalue weighted by molar-refractivity contribution is 0.917. The summed E-state index contributed by atoms with van der Waals surface area (Å²) in [5, 5.41) is 2.31. The second-order valence-electron chi connectivity index (χ2n) is 4.36. The van der Waals surface area contributed by atoms with Crippen LogP contribution < -0.4 is 4.90 Å². The number of hydrogen-bond donors (Lipinski definition) is 0. The first-order valence-corrected chi connectivity index (χ1v) is 7.78. The average Bonchev–Trinajstić information content (AvgIpc) is 2.40. The van der Waals surface area contributed by atoms with Crippen molar-refractivity contribution < 1.29 is 0 Å². The average molecular weight is 359 g/mol. The van der Waals surface area contributed by atoms with E-state index < -0.39 is 0 Å². The molecule has 0 heterocycles. The number of anilines is 1. The summed E-state index contributed by atoms with van der Waals surface area (Å²) in [4.78, 5) is 2.15. The number of benzene rings is 2. The molecule has 0 amide bonds. The lowest BCUT2D eigenvalue weighted by atomic mass is 10.1. The smallest absolute Gasteiger partial charge is 0.0642 e. The molecule has 2 aromatic rings. The minimum Gasteiger partial charge on any atom is -0.369 e. The number of alkyl halides is 1. The van der Waals surface area contributed by atoms with Gasteiger partial charge in [-0.1, -0.05) is 63.4 Å². The highest BCUT2D eigenvalue weighted by Gasteiger charge is 2.11. The third-order valence-corrected chi connectivity index (χ3v) is 4.09. The second-order valence-corrected chi connectivity index (χ2v) is 5.77. The largest absolute Gasteiger partial charge is 0.369 e. The Morgan fingerprint density at radius 3 is 2.37 bits per heavy atom. The normalized spacial score (nSPS) is 10.5. The van der Waals surface area contributed by atoms with Gasteiger partial charge in [0.2, 0.25) is 0 Å². The molecule has 0 atom stereocenters. The molecule has 0 radical (unpaired) electrons. The van der Waals surface area contributed by atoms with Crippen LogP contribution in [0.1, 0.15) is 11.1 Å². The van der Waals surface area contributed by atoms with Gasteiger partial charge in [0.25, 0.3) is 0 Å². The lowest BCUT2D eigenvalue weighted by Gasteiger charge is -2.23. The van der Waals surface area contributed by atoms with Crippen molar-refractivity contribution in [2.24, 2.45) is 0 Å². The minimum absolute atomic E-state index is 0.755. The summed E-state index contributed by atoms with van der Waals surface area (Å²) in [6.45, 7) is 0.793. The van der Waals surface area contributed by atoms with E-state index >= 15 is 0 Å². The first-order valence-electron chi connectivity index (χ1n) is 5.90. The molecule has 4 heteroatoms. The van der Waals surface area contributed by atoms with Crippen LogP contribution in [0.25, 0.3) is 0 Å². The number of hydrogen-bond acceptors (Lipinski definition) is 1. The van der Waals surface area contributed by atoms with Gasteiger partial charge >= 0.3 is 0 Å². The molecule has 0 saturated heterocycles. The van der Waals surface area contributed by atoms with E-state index in [9.17, 15) is 0 Å². The molecule has 1 nitrogen and oxygen atoms in total. The minimum atomic E-state index is 0.755. The summed E-state index contributed by atoms with van der Waals surface area (Å²) in [5.74, 6) is 0. The molecule has 0 fully saturated rings. The molecule has 19 heavy (non-hydrogen) atoms. The van der Waals surface area contributed by atoms with Gasteiger partial charge in [-0.05, 0) is 29.3 Å². The zero-order valence-electron chi connectivity index (χ0n) is 10.5. The fourth-order valence-electron chi connectivity index (χ4n) is 2.04. The standard InChI is InChI=1S/C15H14BrCl2N/c1-19(10-11-5-7-13(17)8-6-11)15-12(9-16)3-2-4-14(15)18/h2-8H,9-10H2,1H3. The van der Waals surface area contributed by atoms with Crippen molar-refractivity contribution in [1.29, 1.82) is 0 Å². The Hall–Kier alpha value is -0.700. The van der Waals surface area contributed by atoms with Crippen LogP contribution in [-0.4, -0.2) is 7.05 Å². The van der Waals surface area contributed by atoms with Crippen molar-refractivity contribution in [1.82, 2.24) is 0 Å². The maximum atomic E-state index is 6.31. The Bertz CT molecular complexity index is 555. The third kappa shape index (κ3) is 3.65. The van der Waals surface area contributed by atoms with E-state index in [0.29, 0.717) is 0 Å². The second kappa shape index (κ2) is 6.65. The molecule has 0 aliphatic carbocycles. The van der Waals surface area contributed by atoms with E-state index in [0.717, 1.165) is 27.6 Å². The highest BCUT2D eigenvalue weighted by atomic mass is 79.9. The van der Waals surface area contributed by atoms with E-state index in [1.165, 1.54) is 11.1 Å². The molecule has 0 N–H and O–H groups in total. The van der Waals surface area contributed by atoms with Crippen molar-refractivity contribution in [3.05, 3.63) is 63.6 Å². The number of rotatable bonds is 4. The van der Waals surface area contributed by atoms with E-state index in [1.54, 1.807) is 0 Å². The van der Waals surface area contributed by atoms with Crippen LogP contribution in [-0.2, 0) is 11.9 Å². The van der Waals surface area contributed by atoms with Gasteiger partial charge in [-0.15, -0.1) is 0 Å². The predicted molar refractivity (Wildman–Crippen MR) is 87.6 cm³/mol. The molecule has 2 aromatic carbocycles. The highest BCUT2D eigenvalue weighted by Crippen LogP contribution is 2.31. The van der Waals surface area contributed by atoms with Crippen LogP contribution in [0.4, 0.5) is 5.69 Å². The molecule has 2 rings (SSSR count). The summed E-state index contributed by atoms with van der Waals surface area (Å²) in [5.41, 5.74) is 3.45. The first-order chi connectivity index (χ1) is 9.11. The molecule has 0 bridgehead atoms. The molecular weight excluding hydrogens is 345 g/mol. The predicted octanol–water partition coefficient (Wildman–Crippen LogP) is 5.52. The highest BCUT2D eigenvalue weighted by molar-refractivity contribution is 9.08. The van der Waals surface area contributed by atoms with Crippen molar-refractivity contribution in [2.75, 3.05) is 11.9 Å². The van der Waals surface area contributed by atoms with E-state index in [2.05, 4.69) is 26.9 Å². The fraction of sp³-hybridized carbons (Fsp3) is 0.200. The Morgan fingerprint density at radius 2 is 1.74 bits per heavy atom. The van der Waals surface area contributed by atoms with Gasteiger partial charge in [-0.2, -0.15) is 0 Å². The van der Waals surface area contributed by atoms with Crippen molar-refractivity contribution >= 4 is 44.8 Å². The maximum Gasteiger partial charge on any atom is 0.0642 e. The van der Waals surface area contributed by atoms with Gasteiger partial charge in [0.05, 0.1) is 10.7 Å². The summed E-state index contributed by atoms with van der Waals surface area (Å²) in [6, 6.07) is 13.8. The number of para-hydroxylation sites is 1. The molecule has 0 unspecified atom stereocenters. The number of halogens is 3.